The lowest BCUT2D eigenvalue weighted by atomic mass is 10.2. The van der Waals surface area contributed by atoms with Gasteiger partial charge in [-0.2, -0.15) is 0 Å². The van der Waals surface area contributed by atoms with Crippen LogP contribution in [0.2, 0.25) is 10.0 Å². The molecule has 0 aromatic heterocycles. The molecule has 0 radical (unpaired) electrons. The van der Waals surface area contributed by atoms with Crippen molar-refractivity contribution in [2.75, 3.05) is 13.1 Å². The summed E-state index contributed by atoms with van der Waals surface area (Å²) < 4.78 is 0. The second-order valence-corrected chi connectivity index (χ2v) is 3.97. The van der Waals surface area contributed by atoms with Gasteiger partial charge in [-0.3, -0.25) is 4.79 Å². The summed E-state index contributed by atoms with van der Waals surface area (Å²) in [6, 6.07) is 4.87. The lowest BCUT2D eigenvalue weighted by Gasteiger charge is -2.07. The molecular formula is C10H10Cl2N4O. The Kier molecular flexibility index (Phi) is 5.63. The first kappa shape index (κ1) is 13.6. The smallest absolute Gasteiger partial charge is 0.254 e. The van der Waals surface area contributed by atoms with E-state index in [1.54, 1.807) is 18.2 Å². The zero-order valence-corrected chi connectivity index (χ0v) is 10.4. The third kappa shape index (κ3) is 4.15. The minimum absolute atomic E-state index is 0.264. The molecule has 0 unspecified atom stereocenters. The second kappa shape index (κ2) is 7.01. The van der Waals surface area contributed by atoms with Gasteiger partial charge >= 0.3 is 0 Å². The van der Waals surface area contributed by atoms with E-state index >= 15 is 0 Å². The van der Waals surface area contributed by atoms with E-state index in [9.17, 15) is 4.79 Å². The van der Waals surface area contributed by atoms with Gasteiger partial charge in [0.2, 0.25) is 0 Å². The predicted octanol–water partition coefficient (Wildman–Crippen LogP) is 3.42. The number of nitrogens with zero attached hydrogens (tertiary/aromatic N) is 3. The summed E-state index contributed by atoms with van der Waals surface area (Å²) in [4.78, 5) is 14.3. The van der Waals surface area contributed by atoms with Crippen molar-refractivity contribution in [3.8, 4) is 0 Å². The Morgan fingerprint density at radius 1 is 1.41 bits per heavy atom. The van der Waals surface area contributed by atoms with Crippen molar-refractivity contribution in [1.82, 2.24) is 5.32 Å². The Balaban J connectivity index is 2.55. The van der Waals surface area contributed by atoms with E-state index < -0.39 is 0 Å². The average molecular weight is 273 g/mol. The van der Waals surface area contributed by atoms with Gasteiger partial charge in [-0.1, -0.05) is 34.4 Å². The molecule has 0 bridgehead atoms. The molecule has 1 amide bonds. The topological polar surface area (TPSA) is 77.9 Å². The highest BCUT2D eigenvalue weighted by Gasteiger charge is 2.13. The van der Waals surface area contributed by atoms with E-state index in [4.69, 9.17) is 28.7 Å². The number of hydrogen-bond acceptors (Lipinski definition) is 2. The number of nitrogens with one attached hydrogen (secondary N) is 1. The highest BCUT2D eigenvalue weighted by molar-refractivity contribution is 6.39. The number of halogens is 2. The van der Waals surface area contributed by atoms with E-state index in [1.807, 2.05) is 0 Å². The normalized spacial score (nSPS) is 9.53. The molecule has 0 heterocycles. The molecule has 0 fully saturated rings. The molecule has 90 valence electrons. The van der Waals surface area contributed by atoms with Crippen LogP contribution in [0.4, 0.5) is 0 Å². The van der Waals surface area contributed by atoms with Crippen LogP contribution in [0.5, 0.6) is 0 Å². The lowest BCUT2D eigenvalue weighted by molar-refractivity contribution is 0.0954. The van der Waals surface area contributed by atoms with Crippen molar-refractivity contribution in [2.45, 2.75) is 6.42 Å². The number of azide groups is 1. The molecule has 0 spiro atoms. The summed E-state index contributed by atoms with van der Waals surface area (Å²) in [7, 11) is 0. The SMILES string of the molecule is [N-]=[N+]=NCCCNC(=O)c1c(Cl)cccc1Cl. The number of amides is 1. The summed E-state index contributed by atoms with van der Waals surface area (Å²) in [6.45, 7) is 0.742. The quantitative estimate of drug-likeness (QED) is 0.379. The van der Waals surface area contributed by atoms with Crippen LogP contribution < -0.4 is 5.32 Å². The van der Waals surface area contributed by atoms with Crippen LogP contribution in [0, 0.1) is 0 Å². The van der Waals surface area contributed by atoms with Gasteiger partial charge in [0.25, 0.3) is 5.91 Å². The predicted molar refractivity (Wildman–Crippen MR) is 67.4 cm³/mol. The van der Waals surface area contributed by atoms with Gasteiger partial charge in [0.05, 0.1) is 15.6 Å². The van der Waals surface area contributed by atoms with Crippen molar-refractivity contribution < 1.29 is 4.79 Å². The number of carbonyl (C=O) groups is 1. The molecule has 0 atom stereocenters. The van der Waals surface area contributed by atoms with Gasteiger partial charge in [-0.15, -0.1) is 0 Å². The van der Waals surface area contributed by atoms with E-state index in [0.29, 0.717) is 29.6 Å². The molecule has 7 heteroatoms. The van der Waals surface area contributed by atoms with Crippen LogP contribution in [0.1, 0.15) is 16.8 Å². The third-order valence-corrected chi connectivity index (χ3v) is 2.60. The first-order chi connectivity index (χ1) is 8.16. The van der Waals surface area contributed by atoms with Gasteiger partial charge in [-0.25, -0.2) is 0 Å². The number of benzene rings is 1. The molecule has 1 rings (SSSR count). The van der Waals surface area contributed by atoms with Crippen molar-refractivity contribution >= 4 is 29.1 Å². The number of rotatable bonds is 5. The lowest BCUT2D eigenvalue weighted by Crippen LogP contribution is -2.25. The van der Waals surface area contributed by atoms with Crippen LogP contribution in [0.15, 0.2) is 23.3 Å². The molecule has 0 aliphatic heterocycles. The minimum atomic E-state index is -0.332. The van der Waals surface area contributed by atoms with Gasteiger partial charge in [0, 0.05) is 18.0 Å². The summed E-state index contributed by atoms with van der Waals surface area (Å²) in [6.07, 6.45) is 0.567. The van der Waals surface area contributed by atoms with Gasteiger partial charge in [0.15, 0.2) is 0 Å². The van der Waals surface area contributed by atoms with Crippen molar-refractivity contribution in [2.24, 2.45) is 5.11 Å². The zero-order valence-electron chi connectivity index (χ0n) is 8.86. The van der Waals surface area contributed by atoms with Crippen LogP contribution in [-0.4, -0.2) is 19.0 Å². The van der Waals surface area contributed by atoms with Gasteiger partial charge in [-0.05, 0) is 24.1 Å². The molecule has 0 aliphatic carbocycles. The summed E-state index contributed by atoms with van der Waals surface area (Å²) in [5.74, 6) is -0.332. The third-order valence-electron chi connectivity index (χ3n) is 1.97. The molecular weight excluding hydrogens is 263 g/mol. The molecule has 0 aliphatic rings. The Morgan fingerprint density at radius 3 is 2.65 bits per heavy atom. The highest BCUT2D eigenvalue weighted by Crippen LogP contribution is 2.23. The molecule has 5 nitrogen and oxygen atoms in total. The fraction of sp³-hybridized carbons (Fsp3) is 0.300. The largest absolute Gasteiger partial charge is 0.352 e. The molecule has 1 N–H and O–H groups in total. The first-order valence-corrected chi connectivity index (χ1v) is 5.65. The van der Waals surface area contributed by atoms with Crippen LogP contribution >= 0.6 is 23.2 Å². The fourth-order valence-corrected chi connectivity index (χ4v) is 1.77. The first-order valence-electron chi connectivity index (χ1n) is 4.90. The maximum atomic E-state index is 11.7. The minimum Gasteiger partial charge on any atom is -0.352 e. The van der Waals surface area contributed by atoms with Gasteiger partial charge < -0.3 is 5.32 Å². The summed E-state index contributed by atoms with van der Waals surface area (Å²) in [5.41, 5.74) is 8.33. The fourth-order valence-electron chi connectivity index (χ4n) is 1.20. The Labute approximate surface area is 108 Å². The second-order valence-electron chi connectivity index (χ2n) is 3.16. The zero-order chi connectivity index (χ0) is 12.7. The van der Waals surface area contributed by atoms with Gasteiger partial charge in [0.1, 0.15) is 0 Å². The van der Waals surface area contributed by atoms with E-state index in [1.165, 1.54) is 0 Å². The Morgan fingerprint density at radius 2 is 2.06 bits per heavy atom. The molecule has 17 heavy (non-hydrogen) atoms. The Hall–Kier alpha value is -1.42. The van der Waals surface area contributed by atoms with Crippen molar-refractivity contribution in [1.29, 1.82) is 0 Å². The highest BCUT2D eigenvalue weighted by atomic mass is 35.5. The molecule has 0 saturated heterocycles. The van der Waals surface area contributed by atoms with Crippen molar-refractivity contribution in [3.63, 3.8) is 0 Å². The monoisotopic (exact) mass is 272 g/mol. The molecule has 0 saturated carbocycles. The standard InChI is InChI=1S/C10H10Cl2N4O/c11-7-3-1-4-8(12)9(7)10(17)14-5-2-6-15-16-13/h1,3-4H,2,5-6H2,(H,14,17). The van der Waals surface area contributed by atoms with Crippen molar-refractivity contribution in [3.05, 3.63) is 44.3 Å². The van der Waals surface area contributed by atoms with Crippen LogP contribution in [0.25, 0.3) is 10.4 Å². The average Bonchev–Trinajstić information content (AvgIpc) is 2.28. The van der Waals surface area contributed by atoms with Crippen LogP contribution in [0.3, 0.4) is 0 Å². The summed E-state index contributed by atoms with van der Waals surface area (Å²) >= 11 is 11.8. The summed E-state index contributed by atoms with van der Waals surface area (Å²) in [5, 5.41) is 6.62. The van der Waals surface area contributed by atoms with E-state index in [0.717, 1.165) is 0 Å². The molecule has 1 aromatic carbocycles. The maximum Gasteiger partial charge on any atom is 0.254 e. The number of carbonyl (C=O) groups excluding carboxylic acids is 1. The Bertz CT molecular complexity index is 437. The van der Waals surface area contributed by atoms with E-state index in [-0.39, 0.29) is 11.5 Å². The van der Waals surface area contributed by atoms with Crippen LogP contribution in [-0.2, 0) is 0 Å². The maximum absolute atomic E-state index is 11.7. The van der Waals surface area contributed by atoms with E-state index in [2.05, 4.69) is 15.3 Å². The number of hydrogen-bond donors (Lipinski definition) is 1. The molecule has 1 aromatic rings.